The van der Waals surface area contributed by atoms with Gasteiger partial charge in [-0.1, -0.05) is 31.2 Å². The number of hydrogen-bond acceptors (Lipinski definition) is 8. The summed E-state index contributed by atoms with van der Waals surface area (Å²) in [5.74, 6) is -0.212. The molecule has 0 spiro atoms. The van der Waals surface area contributed by atoms with E-state index in [-0.39, 0.29) is 52.7 Å². The van der Waals surface area contributed by atoms with Gasteiger partial charge in [-0.2, -0.15) is 4.31 Å². The van der Waals surface area contributed by atoms with E-state index in [1.54, 1.807) is 65.7 Å². The minimum Gasteiger partial charge on any atom is -0.488 e. The molecule has 1 amide bonds. The number of likely N-dealkylation sites (N-methyl/N-ethyl adjacent to an activating group) is 1. The Kier molecular flexibility index (Phi) is 9.20. The van der Waals surface area contributed by atoms with Crippen LogP contribution < -0.4 is 9.46 Å². The van der Waals surface area contributed by atoms with Crippen LogP contribution in [-0.4, -0.2) is 75.9 Å². The lowest BCUT2D eigenvalue weighted by molar-refractivity contribution is -0.134. The van der Waals surface area contributed by atoms with Crippen molar-refractivity contribution in [3.05, 3.63) is 71.6 Å². The standard InChI is InChI=1S/C27H33N3O7S3/c1-19-16-30(20(2)18-31)26(32)15-21-14-22(28-39(33,34)23-8-5-4-6-9-23)11-12-24(21)37-25(19)17-29(3)40(35,36)27-10-7-13-38-27/h4-14,19-20,25,28,31H,15-18H2,1-3H3/t19-,20+,25+/m0/s1. The quantitative estimate of drug-likeness (QED) is 0.382. The van der Waals surface area contributed by atoms with E-state index >= 15 is 0 Å². The van der Waals surface area contributed by atoms with Crippen molar-refractivity contribution in [3.8, 4) is 5.75 Å². The van der Waals surface area contributed by atoms with E-state index in [1.165, 1.54) is 23.5 Å². The molecule has 216 valence electrons. The molecule has 1 aliphatic heterocycles. The summed E-state index contributed by atoms with van der Waals surface area (Å²) in [6, 6.07) is 15.3. The van der Waals surface area contributed by atoms with Crippen molar-refractivity contribution in [2.24, 2.45) is 5.92 Å². The zero-order chi connectivity index (χ0) is 29.1. The van der Waals surface area contributed by atoms with Crippen LogP contribution in [0.2, 0.25) is 0 Å². The molecular weight excluding hydrogens is 575 g/mol. The number of carbonyl (C=O) groups excluding carboxylic acids is 1. The SMILES string of the molecule is C[C@H](CO)N1C[C@H](C)[C@@H](CN(C)S(=O)(=O)c2cccs2)Oc2ccc(NS(=O)(=O)c3ccccc3)cc2CC1=O. The predicted octanol–water partition coefficient (Wildman–Crippen LogP) is 3.02. The first-order valence-electron chi connectivity index (χ1n) is 12.7. The minimum absolute atomic E-state index is 0.0127. The maximum absolute atomic E-state index is 13.4. The number of thiophene rings is 1. The Balaban J connectivity index is 1.68. The Hall–Kier alpha value is -2.97. The molecule has 3 aromatic rings. The first kappa shape index (κ1) is 30.0. The number of ether oxygens (including phenoxy) is 1. The normalized spacial score (nSPS) is 19.2. The number of benzene rings is 2. The smallest absolute Gasteiger partial charge is 0.261 e. The average Bonchev–Trinajstić information content (AvgIpc) is 3.49. The summed E-state index contributed by atoms with van der Waals surface area (Å²) in [4.78, 5) is 15.1. The topological polar surface area (TPSA) is 133 Å². The van der Waals surface area contributed by atoms with Crippen LogP contribution in [0.1, 0.15) is 19.4 Å². The highest BCUT2D eigenvalue weighted by atomic mass is 32.2. The van der Waals surface area contributed by atoms with Crippen LogP contribution in [0.5, 0.6) is 5.75 Å². The molecule has 2 heterocycles. The Morgan fingerprint density at radius 2 is 1.85 bits per heavy atom. The number of hydrogen-bond donors (Lipinski definition) is 2. The highest BCUT2D eigenvalue weighted by Crippen LogP contribution is 2.31. The summed E-state index contributed by atoms with van der Waals surface area (Å²) in [5, 5.41) is 11.5. The van der Waals surface area contributed by atoms with Gasteiger partial charge in [0.25, 0.3) is 20.0 Å². The Morgan fingerprint density at radius 3 is 2.50 bits per heavy atom. The average molecular weight is 608 g/mol. The third-order valence-electron chi connectivity index (χ3n) is 6.82. The zero-order valence-electron chi connectivity index (χ0n) is 22.4. The molecule has 0 unspecified atom stereocenters. The lowest BCUT2D eigenvalue weighted by atomic mass is 10.0. The Bertz CT molecular complexity index is 1530. The first-order valence-corrected chi connectivity index (χ1v) is 16.5. The van der Waals surface area contributed by atoms with Crippen molar-refractivity contribution >= 4 is 43.0 Å². The summed E-state index contributed by atoms with van der Waals surface area (Å²) < 4.78 is 62.4. The molecule has 0 saturated carbocycles. The second kappa shape index (κ2) is 12.3. The fraction of sp³-hybridized carbons (Fsp3) is 0.370. The third-order valence-corrected chi connectivity index (χ3v) is 11.4. The minimum atomic E-state index is -3.87. The summed E-state index contributed by atoms with van der Waals surface area (Å²) in [7, 11) is -6.13. The van der Waals surface area contributed by atoms with Gasteiger partial charge >= 0.3 is 0 Å². The molecule has 4 rings (SSSR count). The molecule has 13 heteroatoms. The number of aliphatic hydroxyl groups is 1. The van der Waals surface area contributed by atoms with Gasteiger partial charge in [0, 0.05) is 30.8 Å². The number of carbonyl (C=O) groups is 1. The molecule has 0 aliphatic carbocycles. The van der Waals surface area contributed by atoms with Gasteiger partial charge in [0.15, 0.2) is 0 Å². The summed E-state index contributed by atoms with van der Waals surface area (Å²) in [6.45, 7) is 3.60. The van der Waals surface area contributed by atoms with E-state index in [0.717, 1.165) is 11.3 Å². The molecule has 40 heavy (non-hydrogen) atoms. The lowest BCUT2D eigenvalue weighted by Gasteiger charge is -2.33. The lowest BCUT2D eigenvalue weighted by Crippen LogP contribution is -2.48. The highest BCUT2D eigenvalue weighted by molar-refractivity contribution is 7.92. The summed E-state index contributed by atoms with van der Waals surface area (Å²) in [6.07, 6.45) is -0.742. The number of nitrogens with one attached hydrogen (secondary N) is 1. The third kappa shape index (κ3) is 6.66. The van der Waals surface area contributed by atoms with E-state index < -0.39 is 32.2 Å². The number of anilines is 1. The van der Waals surface area contributed by atoms with Crippen LogP contribution in [0, 0.1) is 5.92 Å². The van der Waals surface area contributed by atoms with Crippen LogP contribution >= 0.6 is 11.3 Å². The number of sulfonamides is 2. The molecule has 0 saturated heterocycles. The van der Waals surface area contributed by atoms with Gasteiger partial charge in [-0.25, -0.2) is 16.8 Å². The number of nitrogens with zero attached hydrogens (tertiary/aromatic N) is 2. The summed E-state index contributed by atoms with van der Waals surface area (Å²) in [5.41, 5.74) is 0.693. The molecule has 0 bridgehead atoms. The molecule has 2 N–H and O–H groups in total. The van der Waals surface area contributed by atoms with E-state index in [1.807, 2.05) is 6.92 Å². The molecule has 2 aromatic carbocycles. The van der Waals surface area contributed by atoms with Gasteiger partial charge in [-0.15, -0.1) is 11.3 Å². The van der Waals surface area contributed by atoms with Crippen LogP contribution in [0.3, 0.4) is 0 Å². The Labute approximate surface area is 239 Å². The van der Waals surface area contributed by atoms with Crippen molar-refractivity contribution in [1.29, 1.82) is 0 Å². The van der Waals surface area contributed by atoms with Crippen LogP contribution in [0.25, 0.3) is 0 Å². The monoisotopic (exact) mass is 607 g/mol. The van der Waals surface area contributed by atoms with Crippen LogP contribution in [0.4, 0.5) is 5.69 Å². The van der Waals surface area contributed by atoms with Crippen molar-refractivity contribution in [1.82, 2.24) is 9.21 Å². The van der Waals surface area contributed by atoms with E-state index in [0.29, 0.717) is 11.3 Å². The Morgan fingerprint density at radius 1 is 1.12 bits per heavy atom. The van der Waals surface area contributed by atoms with E-state index in [9.17, 15) is 26.7 Å². The second-order valence-corrected chi connectivity index (χ2v) is 14.7. The number of fused-ring (bicyclic) bond motifs is 1. The van der Waals surface area contributed by atoms with Crippen molar-refractivity contribution in [3.63, 3.8) is 0 Å². The highest BCUT2D eigenvalue weighted by Gasteiger charge is 2.33. The van der Waals surface area contributed by atoms with Crippen molar-refractivity contribution in [2.75, 3.05) is 31.5 Å². The van der Waals surface area contributed by atoms with Gasteiger partial charge in [-0.3, -0.25) is 9.52 Å². The van der Waals surface area contributed by atoms with Crippen LogP contribution in [-0.2, 0) is 31.3 Å². The second-order valence-electron chi connectivity index (χ2n) is 9.85. The van der Waals surface area contributed by atoms with Gasteiger partial charge in [-0.05, 0) is 48.7 Å². The van der Waals surface area contributed by atoms with Crippen molar-refractivity contribution < 1.29 is 31.5 Å². The number of aliphatic hydroxyl groups excluding tert-OH is 1. The molecule has 0 radical (unpaired) electrons. The number of rotatable bonds is 9. The molecular formula is C27H33N3O7S3. The maximum Gasteiger partial charge on any atom is 0.261 e. The van der Waals surface area contributed by atoms with E-state index in [2.05, 4.69) is 4.72 Å². The largest absolute Gasteiger partial charge is 0.488 e. The van der Waals surface area contributed by atoms with Gasteiger partial charge in [0.1, 0.15) is 16.1 Å². The molecule has 3 atom stereocenters. The molecule has 1 aromatic heterocycles. The summed E-state index contributed by atoms with van der Waals surface area (Å²) >= 11 is 1.13. The van der Waals surface area contributed by atoms with Gasteiger partial charge < -0.3 is 14.7 Å². The van der Waals surface area contributed by atoms with Gasteiger partial charge in [0.05, 0.1) is 30.5 Å². The molecule has 1 aliphatic rings. The van der Waals surface area contributed by atoms with Gasteiger partial charge in [0.2, 0.25) is 5.91 Å². The predicted molar refractivity (Wildman–Crippen MR) is 153 cm³/mol. The van der Waals surface area contributed by atoms with Crippen LogP contribution in [0.15, 0.2) is 75.1 Å². The zero-order valence-corrected chi connectivity index (χ0v) is 24.9. The molecule has 10 nitrogen and oxygen atoms in total. The fourth-order valence-corrected chi connectivity index (χ4v) is 7.89. The van der Waals surface area contributed by atoms with E-state index in [4.69, 9.17) is 4.74 Å². The maximum atomic E-state index is 13.4. The fourth-order valence-electron chi connectivity index (χ4n) is 4.44. The van der Waals surface area contributed by atoms with Crippen molar-refractivity contribution in [2.45, 2.75) is 41.5 Å². The first-order chi connectivity index (χ1) is 18.9. The molecule has 0 fully saturated rings. The number of amides is 1.